The van der Waals surface area contributed by atoms with Gasteiger partial charge in [-0.3, -0.25) is 0 Å². The molecule has 4 heteroatoms. The van der Waals surface area contributed by atoms with Crippen molar-refractivity contribution in [2.24, 2.45) is 0 Å². The van der Waals surface area contributed by atoms with E-state index < -0.39 is 10.8 Å². The van der Waals surface area contributed by atoms with Crippen LogP contribution in [0.3, 0.4) is 0 Å². The maximum Gasteiger partial charge on any atom is 0.159 e. The van der Waals surface area contributed by atoms with Gasteiger partial charge >= 0.3 is 0 Å². The van der Waals surface area contributed by atoms with E-state index in [9.17, 15) is 0 Å². The average Bonchev–Trinajstić information content (AvgIpc) is 1.49. The summed E-state index contributed by atoms with van der Waals surface area (Å²) < 4.78 is 14.2. The molecule has 0 bridgehead atoms. The van der Waals surface area contributed by atoms with Crippen LogP contribution in [0.2, 0.25) is 0 Å². The monoisotopic (exact) mass is 1170 g/mol. The summed E-state index contributed by atoms with van der Waals surface area (Å²) >= 11 is 0. The van der Waals surface area contributed by atoms with Crippen LogP contribution >= 0.6 is 0 Å². The third kappa shape index (κ3) is 6.85. The Hall–Kier alpha value is -11.7. The molecule has 2 aliphatic carbocycles. The number of para-hydroxylation sites is 4. The van der Waals surface area contributed by atoms with Gasteiger partial charge in [0.05, 0.1) is 22.7 Å². The Kier molecular flexibility index (Phi) is 10.5. The minimum absolute atomic E-state index is 0.754. The lowest BCUT2D eigenvalue weighted by molar-refractivity contribution is 0.376. The van der Waals surface area contributed by atoms with Crippen LogP contribution in [-0.2, 0) is 10.8 Å². The summed E-state index contributed by atoms with van der Waals surface area (Å²) in [5.74, 6) is 0. The molecule has 2 heterocycles. The molecule has 2 atom stereocenters. The molecule has 16 aromatic carbocycles. The molecule has 0 saturated carbocycles. The Labute approximate surface area is 530 Å². The second kappa shape index (κ2) is 18.9. The molecule has 2 aromatic heterocycles. The molecular weight excluding hydrogens is 1120 g/mol. The van der Waals surface area contributed by atoms with E-state index in [4.69, 9.17) is 8.83 Å². The number of anilines is 6. The van der Waals surface area contributed by atoms with Crippen molar-refractivity contribution in [2.45, 2.75) is 24.7 Å². The van der Waals surface area contributed by atoms with Crippen LogP contribution in [-0.4, -0.2) is 0 Å². The fraction of sp³-hybridized carbons (Fsp3) is 0.0455. The lowest BCUT2D eigenvalue weighted by Crippen LogP contribution is -2.44. The van der Waals surface area contributed by atoms with Crippen molar-refractivity contribution in [3.8, 4) is 22.3 Å². The molecular formula is C88H56N2O2. The van der Waals surface area contributed by atoms with Gasteiger partial charge in [0.25, 0.3) is 0 Å². The van der Waals surface area contributed by atoms with Gasteiger partial charge in [-0.1, -0.05) is 257 Å². The van der Waals surface area contributed by atoms with Crippen LogP contribution in [0.5, 0.6) is 0 Å². The van der Waals surface area contributed by atoms with Crippen LogP contribution in [0.4, 0.5) is 34.1 Å². The molecule has 92 heavy (non-hydrogen) atoms. The molecule has 0 fully saturated rings. The van der Waals surface area contributed by atoms with Crippen molar-refractivity contribution in [3.05, 3.63) is 326 Å². The molecule has 0 N–H and O–H groups in total. The first kappa shape index (κ1) is 51.2. The summed E-state index contributed by atoms with van der Waals surface area (Å²) in [6.07, 6.45) is 0. The van der Waals surface area contributed by atoms with E-state index in [1.807, 2.05) is 0 Å². The van der Waals surface area contributed by atoms with Gasteiger partial charge in [0.2, 0.25) is 0 Å². The van der Waals surface area contributed by atoms with Crippen LogP contribution in [0.1, 0.15) is 36.1 Å². The van der Waals surface area contributed by atoms with E-state index in [2.05, 4.69) is 327 Å². The Balaban J connectivity index is 0.936. The predicted octanol–water partition coefficient (Wildman–Crippen LogP) is 24.6. The number of rotatable bonds is 7. The summed E-state index contributed by atoms with van der Waals surface area (Å²) in [5, 5.41) is 18.7. The van der Waals surface area contributed by atoms with E-state index in [1.165, 1.54) is 87.6 Å². The van der Waals surface area contributed by atoms with Crippen molar-refractivity contribution in [1.82, 2.24) is 0 Å². The number of fused-ring (bicyclic) bond motifs is 22. The molecule has 0 aliphatic heterocycles. The van der Waals surface area contributed by atoms with Gasteiger partial charge in [-0.05, 0) is 159 Å². The highest BCUT2D eigenvalue weighted by Crippen LogP contribution is 2.69. The highest BCUT2D eigenvalue weighted by molar-refractivity contribution is 6.21. The van der Waals surface area contributed by atoms with Gasteiger partial charge in [-0.2, -0.15) is 0 Å². The van der Waals surface area contributed by atoms with Crippen LogP contribution in [0.15, 0.2) is 312 Å². The second-order valence-electron chi connectivity index (χ2n) is 25.6. The average molecular weight is 1170 g/mol. The summed E-state index contributed by atoms with van der Waals surface area (Å²) in [6.45, 7) is 5.18. The number of hydrogen-bond donors (Lipinski definition) is 0. The van der Waals surface area contributed by atoms with Crippen molar-refractivity contribution in [1.29, 1.82) is 0 Å². The van der Waals surface area contributed by atoms with Crippen molar-refractivity contribution >= 4 is 143 Å². The first-order chi connectivity index (χ1) is 45.4. The lowest BCUT2D eigenvalue weighted by Gasteiger charge is -2.46. The first-order valence-electron chi connectivity index (χ1n) is 32.0. The number of furan rings is 2. The number of benzene rings is 16. The van der Waals surface area contributed by atoms with E-state index in [0.717, 1.165) is 99.5 Å². The summed E-state index contributed by atoms with van der Waals surface area (Å²) in [5.41, 5.74) is 18.3. The van der Waals surface area contributed by atoms with Crippen molar-refractivity contribution in [2.75, 3.05) is 9.80 Å². The third-order valence-corrected chi connectivity index (χ3v) is 21.3. The summed E-state index contributed by atoms with van der Waals surface area (Å²) in [7, 11) is 0. The van der Waals surface area contributed by atoms with Gasteiger partial charge in [0, 0.05) is 54.5 Å². The second-order valence-corrected chi connectivity index (χ2v) is 25.6. The predicted molar refractivity (Wildman–Crippen MR) is 386 cm³/mol. The van der Waals surface area contributed by atoms with Gasteiger partial charge in [0.15, 0.2) is 11.2 Å². The van der Waals surface area contributed by atoms with Crippen molar-refractivity contribution in [3.63, 3.8) is 0 Å². The van der Waals surface area contributed by atoms with Crippen LogP contribution in [0.25, 0.3) is 131 Å². The Morgan fingerprint density at radius 3 is 0.989 bits per heavy atom. The van der Waals surface area contributed by atoms with E-state index in [0.29, 0.717) is 0 Å². The lowest BCUT2D eigenvalue weighted by atomic mass is 9.56. The zero-order chi connectivity index (χ0) is 60.6. The Bertz CT molecular complexity index is 5850. The molecule has 4 nitrogen and oxygen atoms in total. The fourth-order valence-corrected chi connectivity index (χ4v) is 17.0. The highest BCUT2D eigenvalue weighted by Gasteiger charge is 2.59. The molecule has 2 aliphatic rings. The van der Waals surface area contributed by atoms with E-state index in [1.54, 1.807) is 0 Å². The highest BCUT2D eigenvalue weighted by atomic mass is 16.3. The third-order valence-electron chi connectivity index (χ3n) is 21.3. The molecule has 0 radical (unpaired) electrons. The standard InChI is InChI=1S/C88H56N2O2/c1-87(71-47-43-55-23-7-9-27-61(55)81(71)83-67-33-13-11-29-63(67)77(51-73(83)87)89(59-45-41-53-21-3-5-25-57(53)49-59)75-37-19-35-69-65-31-15-17-39-79(65)91-85(69)75)88(2)72-48-44-56-24-8-10-28-62(56)82(72)84-68-34-14-12-30-64(68)78(52-74(84)88)90(60-46-42-54-22-4-6-26-58(54)50-60)76-38-20-36-70-66-32-16-18-40-80(66)92-86(70)76/h3-52H,1-2H3. The number of nitrogens with zero attached hydrogens (tertiary/aromatic N) is 2. The molecule has 430 valence electrons. The molecule has 0 spiro atoms. The van der Waals surface area contributed by atoms with Crippen LogP contribution in [0, 0.1) is 0 Å². The normalized spacial score (nSPS) is 15.8. The molecule has 18 aromatic rings. The van der Waals surface area contributed by atoms with Crippen molar-refractivity contribution < 1.29 is 8.83 Å². The Morgan fingerprint density at radius 2 is 0.554 bits per heavy atom. The van der Waals surface area contributed by atoms with E-state index in [-0.39, 0.29) is 0 Å². The van der Waals surface area contributed by atoms with E-state index >= 15 is 0 Å². The quantitative estimate of drug-likeness (QED) is 0.159. The minimum atomic E-state index is -0.754. The topological polar surface area (TPSA) is 32.8 Å². The maximum absolute atomic E-state index is 7.09. The smallest absolute Gasteiger partial charge is 0.159 e. The largest absolute Gasteiger partial charge is 0.454 e. The minimum Gasteiger partial charge on any atom is -0.454 e. The molecule has 20 rings (SSSR count). The zero-order valence-electron chi connectivity index (χ0n) is 50.6. The summed E-state index contributed by atoms with van der Waals surface area (Å²) in [4.78, 5) is 5.00. The molecule has 0 saturated heterocycles. The zero-order valence-corrected chi connectivity index (χ0v) is 50.6. The van der Waals surface area contributed by atoms with Gasteiger partial charge in [-0.15, -0.1) is 0 Å². The molecule has 2 unspecified atom stereocenters. The maximum atomic E-state index is 7.09. The van der Waals surface area contributed by atoms with Gasteiger partial charge in [0.1, 0.15) is 11.2 Å². The fourth-order valence-electron chi connectivity index (χ4n) is 17.0. The van der Waals surface area contributed by atoms with Gasteiger partial charge in [-0.25, -0.2) is 0 Å². The molecule has 0 amide bonds. The summed E-state index contributed by atoms with van der Waals surface area (Å²) in [6, 6.07) is 113. The number of hydrogen-bond acceptors (Lipinski definition) is 4. The first-order valence-corrected chi connectivity index (χ1v) is 32.0. The SMILES string of the molecule is CC1(C2(C)c3ccc4ccccc4c3-c3c2cc(N(c2ccc4ccccc4c2)c2cccc4c2oc2ccccc24)c2ccccc32)c2ccc3ccccc3c2-c2c1cc(N(c1ccc3ccccc3c1)c1cccc3c1oc1ccccc13)c1ccccc21. The Morgan fingerprint density at radius 1 is 0.228 bits per heavy atom. The van der Waals surface area contributed by atoms with Gasteiger partial charge < -0.3 is 18.6 Å². The van der Waals surface area contributed by atoms with Crippen LogP contribution < -0.4 is 9.80 Å².